The Balaban J connectivity index is 1.90. The maximum absolute atomic E-state index is 13.6. The summed E-state index contributed by atoms with van der Waals surface area (Å²) in [5, 5.41) is 10.0. The summed E-state index contributed by atoms with van der Waals surface area (Å²) in [4.78, 5) is 42.7. The van der Waals surface area contributed by atoms with Gasteiger partial charge in [0, 0.05) is 0 Å². The van der Waals surface area contributed by atoms with Crippen LogP contribution in [0.4, 0.5) is 16.2 Å². The molecule has 4 rings (SSSR count). The second kappa shape index (κ2) is 9.23. The zero-order valence-corrected chi connectivity index (χ0v) is 19.1. The summed E-state index contributed by atoms with van der Waals surface area (Å²) in [5.41, 5.74) is 2.52. The lowest BCUT2D eigenvalue weighted by Gasteiger charge is -2.35. The maximum atomic E-state index is 13.6. The third-order valence-corrected chi connectivity index (χ3v) is 5.56. The Morgan fingerprint density at radius 1 is 0.824 bits per heavy atom. The third kappa shape index (κ3) is 4.03. The quantitative estimate of drug-likeness (QED) is 0.432. The van der Waals surface area contributed by atoms with Crippen LogP contribution in [0.1, 0.15) is 23.6 Å². The normalized spacial score (nSPS) is 14.0. The molecule has 34 heavy (non-hydrogen) atoms. The molecule has 0 atom stereocenters. The molecule has 1 aliphatic rings. The number of benzene rings is 3. The van der Waals surface area contributed by atoms with E-state index in [9.17, 15) is 19.5 Å². The molecule has 0 radical (unpaired) electrons. The number of phenols is 1. The summed E-state index contributed by atoms with van der Waals surface area (Å²) < 4.78 is 5.43. The topological polar surface area (TPSA) is 87.2 Å². The molecule has 0 aromatic heterocycles. The number of nitrogens with zero attached hydrogens (tertiary/aromatic N) is 2. The van der Waals surface area contributed by atoms with Gasteiger partial charge in [0.1, 0.15) is 5.57 Å². The fourth-order valence-corrected chi connectivity index (χ4v) is 3.84. The molecule has 7 heteroatoms. The predicted molar refractivity (Wildman–Crippen MR) is 130 cm³/mol. The van der Waals surface area contributed by atoms with Crippen molar-refractivity contribution >= 4 is 35.3 Å². The second-order valence-electron chi connectivity index (χ2n) is 7.85. The summed E-state index contributed by atoms with van der Waals surface area (Å²) in [6.45, 7) is 5.71. The Morgan fingerprint density at radius 3 is 1.85 bits per heavy atom. The van der Waals surface area contributed by atoms with Crippen molar-refractivity contribution in [1.29, 1.82) is 0 Å². The van der Waals surface area contributed by atoms with Crippen molar-refractivity contribution in [3.8, 4) is 11.5 Å². The van der Waals surface area contributed by atoms with Gasteiger partial charge >= 0.3 is 6.03 Å². The molecule has 3 aromatic rings. The summed E-state index contributed by atoms with van der Waals surface area (Å²) >= 11 is 0. The van der Waals surface area contributed by atoms with E-state index in [-0.39, 0.29) is 17.1 Å². The number of carbonyl (C=O) groups excluding carboxylic acids is 3. The minimum absolute atomic E-state index is 0.0523. The molecule has 1 heterocycles. The highest BCUT2D eigenvalue weighted by molar-refractivity contribution is 6.46. The number of barbiturate groups is 1. The molecule has 1 aliphatic heterocycles. The van der Waals surface area contributed by atoms with Crippen LogP contribution in [0.25, 0.3) is 6.08 Å². The summed E-state index contributed by atoms with van der Waals surface area (Å²) in [7, 11) is 0. The van der Waals surface area contributed by atoms with Crippen LogP contribution in [0.2, 0.25) is 0 Å². The lowest BCUT2D eigenvalue weighted by Crippen LogP contribution is -2.57. The van der Waals surface area contributed by atoms with Crippen molar-refractivity contribution in [2.24, 2.45) is 0 Å². The minimum atomic E-state index is -0.739. The molecule has 172 valence electrons. The number of amides is 4. The van der Waals surface area contributed by atoms with E-state index < -0.39 is 17.8 Å². The smallest absolute Gasteiger partial charge is 0.343 e. The summed E-state index contributed by atoms with van der Waals surface area (Å²) in [6.07, 6.45) is 1.41. The summed E-state index contributed by atoms with van der Waals surface area (Å²) in [6, 6.07) is 17.8. The van der Waals surface area contributed by atoms with E-state index in [4.69, 9.17) is 4.74 Å². The van der Waals surface area contributed by atoms with Crippen molar-refractivity contribution in [1.82, 2.24) is 0 Å². The van der Waals surface area contributed by atoms with Gasteiger partial charge in [-0.2, -0.15) is 0 Å². The highest BCUT2D eigenvalue weighted by Gasteiger charge is 2.44. The number of anilines is 2. The molecular formula is C27H24N2O5. The Hall–Kier alpha value is -4.39. The molecule has 1 saturated heterocycles. The first-order chi connectivity index (χ1) is 16.3. The Labute approximate surface area is 197 Å². The van der Waals surface area contributed by atoms with Gasteiger partial charge in [0.05, 0.1) is 18.0 Å². The molecule has 1 N–H and O–H groups in total. The van der Waals surface area contributed by atoms with Crippen LogP contribution >= 0.6 is 0 Å². The number of hydrogen-bond donors (Lipinski definition) is 1. The van der Waals surface area contributed by atoms with Crippen LogP contribution in [0.3, 0.4) is 0 Å². The van der Waals surface area contributed by atoms with Gasteiger partial charge in [-0.1, -0.05) is 42.5 Å². The highest BCUT2D eigenvalue weighted by atomic mass is 16.5. The van der Waals surface area contributed by atoms with E-state index in [1.54, 1.807) is 69.3 Å². The number of phenolic OH excluding ortho intramolecular Hbond substituents is 1. The minimum Gasteiger partial charge on any atom is -0.504 e. The number of aromatic hydroxyl groups is 1. The first-order valence-electron chi connectivity index (χ1n) is 10.8. The standard InChI is InChI=1S/C27H24N2O5/c1-4-34-24-16-19(13-14-23(24)30)15-20-25(31)28(21-11-7-5-9-17(21)2)27(33)29(26(20)32)22-12-8-6-10-18(22)3/h5-16,30H,4H2,1-3H3. The maximum Gasteiger partial charge on any atom is 0.343 e. The molecule has 0 bridgehead atoms. The van der Waals surface area contributed by atoms with E-state index in [1.807, 2.05) is 12.1 Å². The number of ether oxygens (including phenoxy) is 1. The average molecular weight is 456 g/mol. The van der Waals surface area contributed by atoms with Gasteiger partial charge in [0.2, 0.25) is 0 Å². The first kappa shape index (κ1) is 22.8. The predicted octanol–water partition coefficient (Wildman–Crippen LogP) is 4.99. The average Bonchev–Trinajstić information content (AvgIpc) is 2.81. The van der Waals surface area contributed by atoms with Gasteiger partial charge < -0.3 is 9.84 Å². The van der Waals surface area contributed by atoms with Crippen molar-refractivity contribution in [2.75, 3.05) is 16.4 Å². The largest absolute Gasteiger partial charge is 0.504 e. The Morgan fingerprint density at radius 2 is 1.35 bits per heavy atom. The molecule has 1 fully saturated rings. The zero-order chi connectivity index (χ0) is 24.4. The van der Waals surface area contributed by atoms with Gasteiger partial charge in [-0.25, -0.2) is 14.6 Å². The van der Waals surface area contributed by atoms with Crippen LogP contribution in [0, 0.1) is 13.8 Å². The van der Waals surface area contributed by atoms with Crippen molar-refractivity contribution in [3.05, 3.63) is 89.0 Å². The molecule has 0 aliphatic carbocycles. The fraction of sp³-hybridized carbons (Fsp3) is 0.148. The number of urea groups is 1. The van der Waals surface area contributed by atoms with Crippen LogP contribution < -0.4 is 14.5 Å². The van der Waals surface area contributed by atoms with Crippen LogP contribution in [0.15, 0.2) is 72.3 Å². The van der Waals surface area contributed by atoms with E-state index in [1.165, 1.54) is 12.1 Å². The number of para-hydroxylation sites is 2. The number of hydrogen-bond acceptors (Lipinski definition) is 5. The third-order valence-electron chi connectivity index (χ3n) is 5.56. The van der Waals surface area contributed by atoms with E-state index in [0.717, 1.165) is 9.80 Å². The Bertz CT molecular complexity index is 1260. The van der Waals surface area contributed by atoms with Crippen molar-refractivity contribution in [2.45, 2.75) is 20.8 Å². The van der Waals surface area contributed by atoms with Gasteiger partial charge in [0.25, 0.3) is 11.8 Å². The number of imide groups is 2. The Kier molecular flexibility index (Phi) is 6.19. The number of aryl methyl sites for hydroxylation is 2. The fourth-order valence-electron chi connectivity index (χ4n) is 3.84. The lowest BCUT2D eigenvalue weighted by atomic mass is 10.0. The van der Waals surface area contributed by atoms with Gasteiger partial charge in [-0.05, 0) is 67.8 Å². The van der Waals surface area contributed by atoms with Crippen molar-refractivity contribution in [3.63, 3.8) is 0 Å². The molecule has 0 saturated carbocycles. The van der Waals surface area contributed by atoms with Crippen LogP contribution in [0.5, 0.6) is 11.5 Å². The first-order valence-corrected chi connectivity index (χ1v) is 10.8. The van der Waals surface area contributed by atoms with Crippen LogP contribution in [-0.4, -0.2) is 29.6 Å². The molecule has 7 nitrogen and oxygen atoms in total. The highest BCUT2D eigenvalue weighted by Crippen LogP contribution is 2.33. The van der Waals surface area contributed by atoms with Gasteiger partial charge in [0.15, 0.2) is 11.5 Å². The van der Waals surface area contributed by atoms with E-state index >= 15 is 0 Å². The van der Waals surface area contributed by atoms with Gasteiger partial charge in [-0.15, -0.1) is 0 Å². The SMILES string of the molecule is CCOc1cc(C=C2C(=O)N(c3ccccc3C)C(=O)N(c3ccccc3C)C2=O)ccc1O. The monoisotopic (exact) mass is 456 g/mol. The molecule has 0 unspecified atom stereocenters. The molecule has 0 spiro atoms. The lowest BCUT2D eigenvalue weighted by molar-refractivity contribution is -0.121. The summed E-state index contributed by atoms with van der Waals surface area (Å²) in [5.74, 6) is -1.26. The van der Waals surface area contributed by atoms with Crippen LogP contribution in [-0.2, 0) is 9.59 Å². The second-order valence-corrected chi connectivity index (χ2v) is 7.85. The van der Waals surface area contributed by atoms with Crippen molar-refractivity contribution < 1.29 is 24.2 Å². The van der Waals surface area contributed by atoms with E-state index in [2.05, 4.69) is 0 Å². The number of rotatable bonds is 5. The zero-order valence-electron chi connectivity index (χ0n) is 19.1. The molecule has 4 amide bonds. The molecular weight excluding hydrogens is 432 g/mol. The van der Waals surface area contributed by atoms with E-state index in [0.29, 0.717) is 34.7 Å². The van der Waals surface area contributed by atoms with Gasteiger partial charge in [-0.3, -0.25) is 9.59 Å². The number of carbonyl (C=O) groups is 3. The molecule has 3 aromatic carbocycles.